The van der Waals surface area contributed by atoms with Crippen LogP contribution in [-0.2, 0) is 5.41 Å². The lowest BCUT2D eigenvalue weighted by Crippen LogP contribution is -2.28. The fraction of sp³-hybridized carbons (Fsp3) is 0.571. The molecular weight excluding hydrogens is 168 g/mol. The number of hydrogen-bond acceptors (Lipinski definition) is 0. The lowest BCUT2D eigenvalue weighted by molar-refractivity contribution is 0.283. The minimum atomic E-state index is 0.458. The van der Waals surface area contributed by atoms with Crippen molar-refractivity contribution in [2.75, 3.05) is 0 Å². The fourth-order valence-electron chi connectivity index (χ4n) is 2.77. The predicted octanol–water partition coefficient (Wildman–Crippen LogP) is 4.10. The lowest BCUT2D eigenvalue weighted by Gasteiger charge is -2.37. The number of hydrogen-bond donors (Lipinski definition) is 0. The van der Waals surface area contributed by atoms with Crippen molar-refractivity contribution in [3.05, 3.63) is 35.9 Å². The SMILES string of the molecule is CCC1(c2[c]cccc2)CCCCC1. The first-order valence-corrected chi connectivity index (χ1v) is 5.85. The third-order valence-electron chi connectivity index (χ3n) is 3.77. The van der Waals surface area contributed by atoms with Gasteiger partial charge in [0.15, 0.2) is 0 Å². The lowest BCUT2D eigenvalue weighted by atomic mass is 9.68. The minimum Gasteiger partial charge on any atom is -0.0645 e. The van der Waals surface area contributed by atoms with E-state index < -0.39 is 0 Å². The summed E-state index contributed by atoms with van der Waals surface area (Å²) in [5.41, 5.74) is 1.90. The van der Waals surface area contributed by atoms with E-state index in [-0.39, 0.29) is 0 Å². The first kappa shape index (κ1) is 9.76. The second kappa shape index (κ2) is 4.16. The fourth-order valence-corrected chi connectivity index (χ4v) is 2.77. The molecule has 0 unspecified atom stereocenters. The Bertz CT molecular complexity index is 267. The van der Waals surface area contributed by atoms with Crippen LogP contribution in [0.15, 0.2) is 24.3 Å². The predicted molar refractivity (Wildman–Crippen MR) is 60.3 cm³/mol. The van der Waals surface area contributed by atoms with Crippen LogP contribution in [0.1, 0.15) is 51.0 Å². The maximum absolute atomic E-state index is 3.43. The molecule has 1 saturated carbocycles. The summed E-state index contributed by atoms with van der Waals surface area (Å²) in [7, 11) is 0. The van der Waals surface area contributed by atoms with E-state index in [1.807, 2.05) is 0 Å². The molecule has 0 heterocycles. The Labute approximate surface area is 87.3 Å². The summed E-state index contributed by atoms with van der Waals surface area (Å²) in [4.78, 5) is 0. The molecule has 0 aromatic heterocycles. The van der Waals surface area contributed by atoms with E-state index in [4.69, 9.17) is 0 Å². The van der Waals surface area contributed by atoms with Gasteiger partial charge in [-0.3, -0.25) is 0 Å². The van der Waals surface area contributed by atoms with Gasteiger partial charge in [0.2, 0.25) is 0 Å². The van der Waals surface area contributed by atoms with Gasteiger partial charge in [-0.15, -0.1) is 0 Å². The van der Waals surface area contributed by atoms with Crippen molar-refractivity contribution >= 4 is 0 Å². The van der Waals surface area contributed by atoms with Crippen molar-refractivity contribution < 1.29 is 0 Å². The summed E-state index contributed by atoms with van der Waals surface area (Å²) < 4.78 is 0. The van der Waals surface area contributed by atoms with E-state index in [9.17, 15) is 0 Å². The Hall–Kier alpha value is -0.780. The van der Waals surface area contributed by atoms with E-state index in [0.717, 1.165) is 0 Å². The standard InChI is InChI=1S/C14H19/c1-2-14(11-7-4-8-12-14)13-9-5-3-6-10-13/h3,5-6,9H,2,4,7-8,11-12H2,1H3. The van der Waals surface area contributed by atoms with Crippen molar-refractivity contribution in [1.82, 2.24) is 0 Å². The van der Waals surface area contributed by atoms with Gasteiger partial charge in [0.25, 0.3) is 0 Å². The van der Waals surface area contributed by atoms with Crippen LogP contribution >= 0.6 is 0 Å². The molecule has 0 atom stereocenters. The number of benzene rings is 1. The zero-order valence-electron chi connectivity index (χ0n) is 9.05. The highest BCUT2D eigenvalue weighted by Crippen LogP contribution is 2.41. The molecule has 0 spiro atoms. The second-order valence-electron chi connectivity index (χ2n) is 4.47. The van der Waals surface area contributed by atoms with Crippen molar-refractivity contribution in [3.63, 3.8) is 0 Å². The van der Waals surface area contributed by atoms with Crippen molar-refractivity contribution in [2.45, 2.75) is 50.9 Å². The van der Waals surface area contributed by atoms with E-state index in [2.05, 4.69) is 37.3 Å². The number of rotatable bonds is 2. The van der Waals surface area contributed by atoms with Crippen molar-refractivity contribution in [3.8, 4) is 0 Å². The second-order valence-corrected chi connectivity index (χ2v) is 4.47. The maximum atomic E-state index is 3.43. The van der Waals surface area contributed by atoms with Gasteiger partial charge in [-0.25, -0.2) is 0 Å². The van der Waals surface area contributed by atoms with Crippen LogP contribution in [0.5, 0.6) is 0 Å². The van der Waals surface area contributed by atoms with Crippen LogP contribution in [0.25, 0.3) is 0 Å². The minimum absolute atomic E-state index is 0.458. The van der Waals surface area contributed by atoms with Crippen LogP contribution in [0, 0.1) is 6.07 Å². The van der Waals surface area contributed by atoms with Crippen LogP contribution in [-0.4, -0.2) is 0 Å². The molecule has 0 aliphatic heterocycles. The molecule has 0 bridgehead atoms. The molecule has 14 heavy (non-hydrogen) atoms. The van der Waals surface area contributed by atoms with Gasteiger partial charge < -0.3 is 0 Å². The van der Waals surface area contributed by atoms with Crippen molar-refractivity contribution in [1.29, 1.82) is 0 Å². The van der Waals surface area contributed by atoms with Crippen LogP contribution in [0.2, 0.25) is 0 Å². The molecule has 0 nitrogen and oxygen atoms in total. The molecule has 1 fully saturated rings. The summed E-state index contributed by atoms with van der Waals surface area (Å²) in [5, 5.41) is 0. The van der Waals surface area contributed by atoms with Gasteiger partial charge in [0.05, 0.1) is 0 Å². The van der Waals surface area contributed by atoms with Crippen molar-refractivity contribution in [2.24, 2.45) is 0 Å². The van der Waals surface area contributed by atoms with Gasteiger partial charge >= 0.3 is 0 Å². The van der Waals surface area contributed by atoms with Crippen LogP contribution in [0.4, 0.5) is 0 Å². The van der Waals surface area contributed by atoms with E-state index >= 15 is 0 Å². The molecule has 1 aromatic rings. The monoisotopic (exact) mass is 187 g/mol. The molecular formula is C14H19. The van der Waals surface area contributed by atoms with Gasteiger partial charge in [-0.1, -0.05) is 50.5 Å². The molecule has 0 heteroatoms. The first-order chi connectivity index (χ1) is 6.87. The maximum Gasteiger partial charge on any atom is -0.00434 e. The Morgan fingerprint density at radius 3 is 2.57 bits per heavy atom. The Morgan fingerprint density at radius 1 is 1.21 bits per heavy atom. The summed E-state index contributed by atoms with van der Waals surface area (Å²) in [5.74, 6) is 0. The first-order valence-electron chi connectivity index (χ1n) is 5.85. The average molecular weight is 187 g/mol. The van der Waals surface area contributed by atoms with E-state index in [1.54, 1.807) is 0 Å². The highest BCUT2D eigenvalue weighted by atomic mass is 14.4. The Morgan fingerprint density at radius 2 is 2.00 bits per heavy atom. The zero-order chi connectivity index (χ0) is 9.86. The Kier molecular flexibility index (Phi) is 2.90. The molecule has 1 radical (unpaired) electrons. The van der Waals surface area contributed by atoms with Gasteiger partial charge in [0, 0.05) is 0 Å². The smallest absolute Gasteiger partial charge is 0.00434 e. The third-order valence-corrected chi connectivity index (χ3v) is 3.77. The zero-order valence-corrected chi connectivity index (χ0v) is 9.05. The van der Waals surface area contributed by atoms with E-state index in [1.165, 1.54) is 44.1 Å². The molecule has 1 aliphatic carbocycles. The molecule has 0 N–H and O–H groups in total. The quantitative estimate of drug-likeness (QED) is 0.654. The molecule has 75 valence electrons. The molecule has 1 aromatic carbocycles. The highest BCUT2D eigenvalue weighted by Gasteiger charge is 2.31. The molecule has 2 rings (SSSR count). The largest absolute Gasteiger partial charge is 0.0645 e. The third kappa shape index (κ3) is 1.70. The van der Waals surface area contributed by atoms with Gasteiger partial charge in [0.1, 0.15) is 0 Å². The average Bonchev–Trinajstić information content (AvgIpc) is 2.31. The topological polar surface area (TPSA) is 0 Å². The molecule has 1 aliphatic rings. The summed E-state index contributed by atoms with van der Waals surface area (Å²) in [6.45, 7) is 2.33. The Balaban J connectivity index is 2.27. The normalized spacial score (nSPS) is 20.6. The summed E-state index contributed by atoms with van der Waals surface area (Å²) in [6.07, 6.45) is 8.23. The molecule has 0 amide bonds. The molecule has 0 saturated heterocycles. The highest BCUT2D eigenvalue weighted by molar-refractivity contribution is 5.24. The van der Waals surface area contributed by atoms with Gasteiger partial charge in [-0.2, -0.15) is 0 Å². The summed E-state index contributed by atoms with van der Waals surface area (Å²) in [6, 6.07) is 12.0. The van der Waals surface area contributed by atoms with E-state index in [0.29, 0.717) is 5.41 Å². The van der Waals surface area contributed by atoms with Crippen LogP contribution in [0.3, 0.4) is 0 Å². The van der Waals surface area contributed by atoms with Gasteiger partial charge in [-0.05, 0) is 36.3 Å². The summed E-state index contributed by atoms with van der Waals surface area (Å²) >= 11 is 0. The van der Waals surface area contributed by atoms with Crippen LogP contribution < -0.4 is 0 Å².